The molecule has 0 fully saturated rings. The van der Waals surface area contributed by atoms with Gasteiger partial charge in [0.15, 0.2) is 0 Å². The van der Waals surface area contributed by atoms with E-state index in [4.69, 9.17) is 10.5 Å². The molecule has 0 bridgehead atoms. The van der Waals surface area contributed by atoms with E-state index in [9.17, 15) is 0 Å². The molecule has 1 aromatic heterocycles. The Labute approximate surface area is 118 Å². The molecule has 0 spiro atoms. The van der Waals surface area contributed by atoms with E-state index in [2.05, 4.69) is 18.0 Å². The lowest BCUT2D eigenvalue weighted by molar-refractivity contribution is 0.407. The molecule has 2 rings (SSSR count). The van der Waals surface area contributed by atoms with Crippen molar-refractivity contribution in [2.45, 2.75) is 32.2 Å². The lowest BCUT2D eigenvalue weighted by Gasteiger charge is -2.13. The molecule has 0 saturated heterocycles. The molecule has 0 aliphatic heterocycles. The van der Waals surface area contributed by atoms with Gasteiger partial charge in [-0.1, -0.05) is 18.2 Å². The molecule has 0 radical (unpaired) electrons. The molecular formula is C15H20N2OS. The monoisotopic (exact) mass is 276 g/mol. The summed E-state index contributed by atoms with van der Waals surface area (Å²) in [5, 5.41) is 0. The Morgan fingerprint density at radius 2 is 2.16 bits per heavy atom. The van der Waals surface area contributed by atoms with Gasteiger partial charge in [0, 0.05) is 10.9 Å². The quantitative estimate of drug-likeness (QED) is 0.882. The first kappa shape index (κ1) is 14.0. The molecule has 0 amide bonds. The molecule has 1 atom stereocenters. The highest BCUT2D eigenvalue weighted by Crippen LogP contribution is 2.20. The van der Waals surface area contributed by atoms with Crippen molar-refractivity contribution in [1.29, 1.82) is 0 Å². The van der Waals surface area contributed by atoms with E-state index in [0.717, 1.165) is 30.7 Å². The van der Waals surface area contributed by atoms with Gasteiger partial charge in [-0.05, 0) is 37.8 Å². The van der Waals surface area contributed by atoms with Gasteiger partial charge in [0.05, 0.1) is 18.3 Å². The minimum absolute atomic E-state index is 0.151. The average molecular weight is 276 g/mol. The van der Waals surface area contributed by atoms with Gasteiger partial charge in [-0.2, -0.15) is 0 Å². The molecule has 0 saturated carbocycles. The summed E-state index contributed by atoms with van der Waals surface area (Å²) >= 11 is 1.71. The number of methoxy groups -OCH3 is 1. The van der Waals surface area contributed by atoms with Crippen molar-refractivity contribution in [1.82, 2.24) is 4.98 Å². The number of benzene rings is 1. The van der Waals surface area contributed by atoms with Crippen molar-refractivity contribution in [3.05, 3.63) is 45.9 Å². The molecule has 2 aromatic rings. The van der Waals surface area contributed by atoms with E-state index in [1.807, 2.05) is 23.7 Å². The maximum Gasteiger partial charge on any atom is 0.122 e. The highest BCUT2D eigenvalue weighted by molar-refractivity contribution is 7.09. The third-order valence-corrected chi connectivity index (χ3v) is 4.26. The van der Waals surface area contributed by atoms with Gasteiger partial charge in [0.1, 0.15) is 5.75 Å². The van der Waals surface area contributed by atoms with Gasteiger partial charge in [0.2, 0.25) is 0 Å². The molecule has 0 aliphatic carbocycles. The van der Waals surface area contributed by atoms with Crippen LogP contribution < -0.4 is 10.5 Å². The first-order chi connectivity index (χ1) is 9.20. The van der Waals surface area contributed by atoms with E-state index >= 15 is 0 Å². The van der Waals surface area contributed by atoms with Crippen LogP contribution in [-0.4, -0.2) is 18.1 Å². The molecule has 1 unspecified atom stereocenters. The third-order valence-electron chi connectivity index (χ3n) is 3.26. The molecule has 4 heteroatoms. The summed E-state index contributed by atoms with van der Waals surface area (Å²) in [7, 11) is 1.70. The number of hydrogen-bond donors (Lipinski definition) is 1. The molecule has 1 heterocycles. The molecular weight excluding hydrogens is 256 g/mol. The zero-order valence-corrected chi connectivity index (χ0v) is 12.2. The summed E-state index contributed by atoms with van der Waals surface area (Å²) < 4.78 is 5.35. The second kappa shape index (κ2) is 6.68. The largest absolute Gasteiger partial charge is 0.496 e. The maximum absolute atomic E-state index is 6.22. The van der Waals surface area contributed by atoms with Crippen LogP contribution in [0.1, 0.15) is 22.6 Å². The fourth-order valence-corrected chi connectivity index (χ4v) is 2.94. The first-order valence-electron chi connectivity index (χ1n) is 6.47. The molecule has 102 valence electrons. The van der Waals surface area contributed by atoms with E-state index < -0.39 is 0 Å². The lowest BCUT2D eigenvalue weighted by Crippen LogP contribution is -2.23. The number of rotatable bonds is 6. The van der Waals surface area contributed by atoms with Gasteiger partial charge >= 0.3 is 0 Å². The summed E-state index contributed by atoms with van der Waals surface area (Å²) in [4.78, 5) is 5.61. The number of nitrogens with zero attached hydrogens (tertiary/aromatic N) is 1. The van der Waals surface area contributed by atoms with Crippen molar-refractivity contribution < 1.29 is 4.74 Å². The fraction of sp³-hybridized carbons (Fsp3) is 0.400. The lowest BCUT2D eigenvalue weighted by atomic mass is 10.0. The number of nitrogens with two attached hydrogens (primary N) is 1. The summed E-state index contributed by atoms with van der Waals surface area (Å²) in [5.41, 5.74) is 10.4. The first-order valence-corrected chi connectivity index (χ1v) is 7.35. The van der Waals surface area contributed by atoms with Crippen LogP contribution in [0.25, 0.3) is 0 Å². The SMILES string of the molecule is COc1ccccc1CC(N)CCc1scnc1C. The Morgan fingerprint density at radius 3 is 2.84 bits per heavy atom. The van der Waals surface area contributed by atoms with Crippen LogP contribution in [0, 0.1) is 6.92 Å². The molecule has 3 nitrogen and oxygen atoms in total. The van der Waals surface area contributed by atoms with Gasteiger partial charge in [-0.15, -0.1) is 11.3 Å². The number of ether oxygens (including phenoxy) is 1. The van der Waals surface area contributed by atoms with Gasteiger partial charge in [-0.25, -0.2) is 4.98 Å². The van der Waals surface area contributed by atoms with Gasteiger partial charge < -0.3 is 10.5 Å². The zero-order valence-electron chi connectivity index (χ0n) is 11.4. The van der Waals surface area contributed by atoms with Crippen LogP contribution in [0.2, 0.25) is 0 Å². The summed E-state index contributed by atoms with van der Waals surface area (Å²) in [6.45, 7) is 2.05. The van der Waals surface area contributed by atoms with Crippen LogP contribution in [-0.2, 0) is 12.8 Å². The molecule has 19 heavy (non-hydrogen) atoms. The Hall–Kier alpha value is -1.39. The zero-order chi connectivity index (χ0) is 13.7. The van der Waals surface area contributed by atoms with Crippen LogP contribution in [0.5, 0.6) is 5.75 Å². The minimum atomic E-state index is 0.151. The molecule has 0 aliphatic rings. The van der Waals surface area contributed by atoms with Crippen LogP contribution in [0.15, 0.2) is 29.8 Å². The van der Waals surface area contributed by atoms with E-state index in [0.29, 0.717) is 0 Å². The average Bonchev–Trinajstić information content (AvgIpc) is 2.82. The summed E-state index contributed by atoms with van der Waals surface area (Å²) in [5.74, 6) is 0.923. The Balaban J connectivity index is 1.90. The highest BCUT2D eigenvalue weighted by Gasteiger charge is 2.10. The predicted molar refractivity (Wildman–Crippen MR) is 79.8 cm³/mol. The fourth-order valence-electron chi connectivity index (χ4n) is 2.14. The van der Waals surface area contributed by atoms with Crippen molar-refractivity contribution in [2.24, 2.45) is 5.73 Å². The smallest absolute Gasteiger partial charge is 0.122 e. The Bertz CT molecular complexity index is 524. The normalized spacial score (nSPS) is 12.4. The minimum Gasteiger partial charge on any atom is -0.496 e. The number of aromatic nitrogens is 1. The number of hydrogen-bond acceptors (Lipinski definition) is 4. The molecule has 1 aromatic carbocycles. The van der Waals surface area contributed by atoms with Gasteiger partial charge in [0.25, 0.3) is 0 Å². The number of para-hydroxylation sites is 1. The molecule has 2 N–H and O–H groups in total. The van der Waals surface area contributed by atoms with E-state index in [1.165, 1.54) is 10.4 Å². The van der Waals surface area contributed by atoms with E-state index in [1.54, 1.807) is 18.4 Å². The summed E-state index contributed by atoms with van der Waals surface area (Å²) in [6.07, 6.45) is 2.83. The van der Waals surface area contributed by atoms with Crippen molar-refractivity contribution in [3.8, 4) is 5.75 Å². The number of thiazole rings is 1. The van der Waals surface area contributed by atoms with Crippen molar-refractivity contribution in [3.63, 3.8) is 0 Å². The standard InChI is InChI=1S/C15H20N2OS/c1-11-15(19-10-17-11)8-7-13(16)9-12-5-3-4-6-14(12)18-2/h3-6,10,13H,7-9,16H2,1-2H3. The Kier molecular flexibility index (Phi) is 4.93. The highest BCUT2D eigenvalue weighted by atomic mass is 32.1. The third kappa shape index (κ3) is 3.78. The van der Waals surface area contributed by atoms with Crippen LogP contribution in [0.3, 0.4) is 0 Å². The Morgan fingerprint density at radius 1 is 1.37 bits per heavy atom. The van der Waals surface area contributed by atoms with Crippen LogP contribution in [0.4, 0.5) is 0 Å². The van der Waals surface area contributed by atoms with E-state index in [-0.39, 0.29) is 6.04 Å². The van der Waals surface area contributed by atoms with Gasteiger partial charge in [-0.3, -0.25) is 0 Å². The maximum atomic E-state index is 6.22. The van der Waals surface area contributed by atoms with Crippen molar-refractivity contribution in [2.75, 3.05) is 7.11 Å². The van der Waals surface area contributed by atoms with Crippen molar-refractivity contribution >= 4 is 11.3 Å². The van der Waals surface area contributed by atoms with Crippen LogP contribution >= 0.6 is 11.3 Å². The second-order valence-electron chi connectivity index (χ2n) is 4.68. The number of aryl methyl sites for hydroxylation is 2. The topological polar surface area (TPSA) is 48.1 Å². The second-order valence-corrected chi connectivity index (χ2v) is 5.61. The predicted octanol–water partition coefficient (Wildman–Crippen LogP) is 2.96. The summed E-state index contributed by atoms with van der Waals surface area (Å²) in [6, 6.07) is 8.22.